The second kappa shape index (κ2) is 13.7. The van der Waals surface area contributed by atoms with Gasteiger partial charge in [-0.3, -0.25) is 0 Å². The van der Waals surface area contributed by atoms with Crippen LogP contribution in [0.25, 0.3) is 0 Å². The van der Waals surface area contributed by atoms with Crippen LogP contribution in [0.5, 0.6) is 0 Å². The molecule has 0 aromatic carbocycles. The molecule has 3 aliphatic rings. The minimum atomic E-state index is -1.28. The third-order valence-corrected chi connectivity index (χ3v) is 9.33. The predicted molar refractivity (Wildman–Crippen MR) is 153 cm³/mol. The Morgan fingerprint density at radius 2 is 1.71 bits per heavy atom. The van der Waals surface area contributed by atoms with Crippen molar-refractivity contribution in [2.24, 2.45) is 17.8 Å². The van der Waals surface area contributed by atoms with Gasteiger partial charge in [0.15, 0.2) is 24.3 Å². The van der Waals surface area contributed by atoms with Crippen LogP contribution in [0.15, 0.2) is 0 Å². The molecule has 0 aliphatic carbocycles. The first kappa shape index (κ1) is 34.4. The Labute approximate surface area is 246 Å². The van der Waals surface area contributed by atoms with Gasteiger partial charge in [-0.15, -0.1) is 0 Å². The van der Waals surface area contributed by atoms with Gasteiger partial charge in [0.1, 0.15) is 12.2 Å². The number of nitrogens with zero attached hydrogens (tertiary/aromatic N) is 1. The zero-order valence-corrected chi connectivity index (χ0v) is 26.7. The van der Waals surface area contributed by atoms with Crippen molar-refractivity contribution < 1.29 is 43.8 Å². The van der Waals surface area contributed by atoms with Gasteiger partial charge in [-0.2, -0.15) is 0 Å². The lowest BCUT2D eigenvalue weighted by Gasteiger charge is -2.46. The number of carbonyl (C=O) groups is 1. The lowest BCUT2D eigenvalue weighted by atomic mass is 9.79. The van der Waals surface area contributed by atoms with Gasteiger partial charge < -0.3 is 49.2 Å². The second-order valence-corrected chi connectivity index (χ2v) is 13.7. The van der Waals surface area contributed by atoms with Crippen LogP contribution in [0.4, 0.5) is 4.79 Å². The number of aliphatic hydroxyl groups excluding tert-OH is 2. The van der Waals surface area contributed by atoms with E-state index in [0.717, 1.165) is 0 Å². The lowest BCUT2D eigenvalue weighted by Crippen LogP contribution is -2.58. The van der Waals surface area contributed by atoms with Crippen LogP contribution in [-0.4, -0.2) is 113 Å². The molecule has 0 bridgehead atoms. The molecule has 3 rings (SSSR count). The van der Waals surface area contributed by atoms with Gasteiger partial charge in [0.2, 0.25) is 0 Å². The van der Waals surface area contributed by atoms with Crippen molar-refractivity contribution in [3.05, 3.63) is 0 Å². The summed E-state index contributed by atoms with van der Waals surface area (Å²) in [6.07, 6.45) is -3.74. The Bertz CT molecular complexity index is 860. The summed E-state index contributed by atoms with van der Waals surface area (Å²) >= 11 is 0. The van der Waals surface area contributed by atoms with Gasteiger partial charge in [-0.05, 0) is 85.9 Å². The fourth-order valence-electron chi connectivity index (χ4n) is 7.18. The van der Waals surface area contributed by atoms with E-state index in [1.54, 1.807) is 13.8 Å². The molecule has 0 spiro atoms. The van der Waals surface area contributed by atoms with Crippen LogP contribution in [0.1, 0.15) is 81.1 Å². The fraction of sp³-hybridized carbons (Fsp3) is 0.967. The summed E-state index contributed by atoms with van der Waals surface area (Å²) in [7, 11) is 3.85. The predicted octanol–water partition coefficient (Wildman–Crippen LogP) is 2.64. The number of aliphatic hydroxyl groups is 3. The molecule has 0 aromatic rings. The van der Waals surface area contributed by atoms with Crippen molar-refractivity contribution in [1.82, 2.24) is 10.2 Å². The van der Waals surface area contributed by atoms with Gasteiger partial charge in [0.25, 0.3) is 0 Å². The maximum atomic E-state index is 12.3. The van der Waals surface area contributed by atoms with Crippen molar-refractivity contribution in [3.8, 4) is 0 Å². The summed E-state index contributed by atoms with van der Waals surface area (Å²) in [6.45, 7) is 15.8. The van der Waals surface area contributed by atoms with Crippen molar-refractivity contribution >= 4 is 6.16 Å². The van der Waals surface area contributed by atoms with E-state index in [4.69, 9.17) is 23.7 Å². The van der Waals surface area contributed by atoms with Gasteiger partial charge >= 0.3 is 6.16 Å². The van der Waals surface area contributed by atoms with Crippen LogP contribution in [0.3, 0.4) is 0 Å². The number of ether oxygens (including phenoxy) is 5. The lowest BCUT2D eigenvalue weighted by molar-refractivity contribution is -0.296. The van der Waals surface area contributed by atoms with Crippen LogP contribution in [0.2, 0.25) is 0 Å². The summed E-state index contributed by atoms with van der Waals surface area (Å²) in [5.74, 6) is -0.554. The minimum absolute atomic E-state index is 0.0204. The SMILES string of the molecule is CC[C@H]1OC(O)[C@H](C)C[C@H](C)[C@@H](O[C@@H]2O[C@H](C)C[C@H](N(C)C)[C@H]2O)[C@](C)(O)C[C@@H](C)CN[C@H](C)[C@H]2OC(=O)O[C@@]21C. The number of carbonyl (C=O) groups excluding carboxylic acids is 1. The molecule has 3 saturated heterocycles. The van der Waals surface area contributed by atoms with Crippen molar-refractivity contribution in [2.45, 2.75) is 147 Å². The van der Waals surface area contributed by atoms with Crippen molar-refractivity contribution in [3.63, 3.8) is 0 Å². The van der Waals surface area contributed by atoms with E-state index in [9.17, 15) is 20.1 Å². The monoisotopic (exact) mass is 588 g/mol. The van der Waals surface area contributed by atoms with Gasteiger partial charge in [-0.25, -0.2) is 4.79 Å². The van der Waals surface area contributed by atoms with E-state index >= 15 is 0 Å². The Hall–Kier alpha value is -1.05. The molecular weight excluding hydrogens is 532 g/mol. The average Bonchev–Trinajstić information content (AvgIpc) is 3.19. The molecule has 0 amide bonds. The van der Waals surface area contributed by atoms with Gasteiger partial charge in [0, 0.05) is 18.0 Å². The molecule has 11 heteroatoms. The summed E-state index contributed by atoms with van der Waals surface area (Å²) in [5.41, 5.74) is -2.38. The Morgan fingerprint density at radius 3 is 2.32 bits per heavy atom. The minimum Gasteiger partial charge on any atom is -0.425 e. The topological polar surface area (TPSA) is 139 Å². The van der Waals surface area contributed by atoms with E-state index in [-0.39, 0.29) is 35.9 Å². The highest BCUT2D eigenvalue weighted by Gasteiger charge is 2.56. The molecular formula is C30H56N2O9. The highest BCUT2D eigenvalue weighted by molar-refractivity contribution is 5.63. The van der Waals surface area contributed by atoms with E-state index in [1.807, 2.05) is 60.5 Å². The molecule has 0 radical (unpaired) electrons. The van der Waals surface area contributed by atoms with Crippen LogP contribution >= 0.6 is 0 Å². The molecule has 3 aliphatic heterocycles. The Morgan fingerprint density at radius 1 is 1.05 bits per heavy atom. The molecule has 3 fully saturated rings. The van der Waals surface area contributed by atoms with Crippen molar-refractivity contribution in [1.29, 1.82) is 0 Å². The highest BCUT2D eigenvalue weighted by atomic mass is 16.8. The number of rotatable bonds is 4. The first-order valence-corrected chi connectivity index (χ1v) is 15.3. The number of likely N-dealkylation sites (N-methyl/N-ethyl adjacent to an activating group) is 1. The van der Waals surface area contributed by atoms with E-state index in [2.05, 4.69) is 5.32 Å². The Kier molecular flexibility index (Phi) is 11.5. The van der Waals surface area contributed by atoms with Crippen molar-refractivity contribution in [2.75, 3.05) is 20.6 Å². The standard InChI is InChI=1S/C30H56N2O9/c1-11-22-30(8)25(40-28(35)41-30)20(6)31-15-16(2)14-29(7,36)24(17(3)12-18(4)26(34)38-22)39-27-23(33)21(32(9)10)13-19(5)37-27/h16-27,31,33-34,36H,11-15H2,1-10H3/t16-,17+,18-,19-,20-,21+,22-,23-,24-,25-,26?,27+,29-,30-/m1/s1. The second-order valence-electron chi connectivity index (χ2n) is 13.7. The summed E-state index contributed by atoms with van der Waals surface area (Å²) in [4.78, 5) is 14.3. The maximum Gasteiger partial charge on any atom is 0.509 e. The molecule has 0 aromatic heterocycles. The third-order valence-electron chi connectivity index (χ3n) is 9.33. The molecule has 3 heterocycles. The number of hydrogen-bond acceptors (Lipinski definition) is 11. The number of hydrogen-bond donors (Lipinski definition) is 4. The normalized spacial score (nSPS) is 49.0. The molecule has 0 saturated carbocycles. The number of nitrogens with one attached hydrogen (secondary N) is 1. The first-order valence-electron chi connectivity index (χ1n) is 15.3. The molecule has 11 nitrogen and oxygen atoms in total. The van der Waals surface area contributed by atoms with Gasteiger partial charge in [0.05, 0.1) is 17.8 Å². The highest BCUT2D eigenvalue weighted by Crippen LogP contribution is 2.39. The molecule has 14 atom stereocenters. The smallest absolute Gasteiger partial charge is 0.425 e. The van der Waals surface area contributed by atoms with E-state index < -0.39 is 54.4 Å². The zero-order chi connectivity index (χ0) is 30.9. The van der Waals surface area contributed by atoms with Gasteiger partial charge in [-0.1, -0.05) is 27.7 Å². The van der Waals surface area contributed by atoms with E-state index in [1.165, 1.54) is 0 Å². The van der Waals surface area contributed by atoms with Crippen LogP contribution in [-0.2, 0) is 23.7 Å². The molecule has 240 valence electrons. The third kappa shape index (κ3) is 7.92. The fourth-order valence-corrected chi connectivity index (χ4v) is 7.18. The first-order chi connectivity index (χ1) is 19.0. The summed E-state index contributed by atoms with van der Waals surface area (Å²) in [5, 5.41) is 37.8. The molecule has 4 N–H and O–H groups in total. The average molecular weight is 589 g/mol. The quantitative estimate of drug-likeness (QED) is 0.361. The Balaban J connectivity index is 1.92. The van der Waals surface area contributed by atoms with Crippen LogP contribution < -0.4 is 5.32 Å². The summed E-state index contributed by atoms with van der Waals surface area (Å²) < 4.78 is 30.1. The maximum absolute atomic E-state index is 12.3. The zero-order valence-electron chi connectivity index (χ0n) is 26.7. The summed E-state index contributed by atoms with van der Waals surface area (Å²) in [6, 6.07) is -0.425. The van der Waals surface area contributed by atoms with E-state index in [0.29, 0.717) is 32.2 Å². The largest absolute Gasteiger partial charge is 0.509 e. The molecule has 1 unspecified atom stereocenters. The number of fused-ring (bicyclic) bond motifs is 1. The van der Waals surface area contributed by atoms with Crippen LogP contribution in [0, 0.1) is 17.8 Å². The molecule has 41 heavy (non-hydrogen) atoms.